The largest absolute Gasteiger partial charge is 0.280 e. The van der Waals surface area contributed by atoms with Gasteiger partial charge in [0.25, 0.3) is 0 Å². The lowest BCUT2D eigenvalue weighted by Gasteiger charge is -2.21. The first kappa shape index (κ1) is 24.8. The lowest BCUT2D eigenvalue weighted by Crippen LogP contribution is -2.24. The average Bonchev–Trinajstić information content (AvgIpc) is 3.36. The predicted octanol–water partition coefficient (Wildman–Crippen LogP) is 9.66. The number of rotatable bonds is 5. The van der Waals surface area contributed by atoms with Gasteiger partial charge < -0.3 is 0 Å². The van der Waals surface area contributed by atoms with E-state index in [0.717, 1.165) is 11.4 Å². The number of hydrogen-bond donors (Lipinski definition) is 1. The van der Waals surface area contributed by atoms with Gasteiger partial charge in [0.2, 0.25) is 0 Å². The van der Waals surface area contributed by atoms with Gasteiger partial charge >= 0.3 is 0 Å². The zero-order valence-corrected chi connectivity index (χ0v) is 23.0. The molecule has 196 valence electrons. The second-order valence-corrected chi connectivity index (χ2v) is 10.5. The molecule has 0 amide bonds. The molecule has 1 aliphatic carbocycles. The monoisotopic (exact) mass is 526 g/mol. The molecule has 6 aromatic carbocycles. The van der Waals surface area contributed by atoms with Gasteiger partial charge in [-0.05, 0) is 86.8 Å². The normalized spacial score (nSPS) is 11.6. The molecule has 2 N–H and O–H groups in total. The highest BCUT2D eigenvalue weighted by Crippen LogP contribution is 2.50. The number of hydrogen-bond acceptors (Lipinski definition) is 2. The fraction of sp³-hybridized carbons (Fsp3) is 0.0256. The summed E-state index contributed by atoms with van der Waals surface area (Å²) >= 11 is 0. The fourth-order valence-corrected chi connectivity index (χ4v) is 5.85. The van der Waals surface area contributed by atoms with Crippen LogP contribution < -0.4 is 10.9 Å². The van der Waals surface area contributed by atoms with Gasteiger partial charge in [0.05, 0.1) is 11.4 Å². The number of nitrogens with two attached hydrogens (primary N) is 1. The summed E-state index contributed by atoms with van der Waals surface area (Å²) in [5.74, 6) is 6.79. The average molecular weight is 527 g/mol. The number of hydrazine groups is 1. The van der Waals surface area contributed by atoms with Crippen molar-refractivity contribution in [3.63, 3.8) is 0 Å². The Labute approximate surface area is 241 Å². The van der Waals surface area contributed by atoms with E-state index in [-0.39, 0.29) is 0 Å². The van der Waals surface area contributed by atoms with Crippen LogP contribution in [0.15, 0.2) is 152 Å². The summed E-state index contributed by atoms with van der Waals surface area (Å²) < 4.78 is 0. The molecule has 41 heavy (non-hydrogen) atoms. The van der Waals surface area contributed by atoms with Crippen LogP contribution >= 0.6 is 0 Å². The van der Waals surface area contributed by atoms with Gasteiger partial charge in [-0.2, -0.15) is 0 Å². The van der Waals surface area contributed by atoms with Crippen LogP contribution in [0.1, 0.15) is 27.8 Å². The lowest BCUT2D eigenvalue weighted by molar-refractivity contribution is 1.09. The van der Waals surface area contributed by atoms with E-state index in [0.29, 0.717) is 0 Å². The zero-order chi connectivity index (χ0) is 27.8. The van der Waals surface area contributed by atoms with Crippen molar-refractivity contribution < 1.29 is 0 Å². The van der Waals surface area contributed by atoms with Gasteiger partial charge in [-0.25, -0.2) is 5.84 Å². The molecule has 0 fully saturated rings. The first-order valence-corrected chi connectivity index (χ1v) is 14.0. The fourth-order valence-electron chi connectivity index (χ4n) is 5.85. The second kappa shape index (κ2) is 10.4. The Kier molecular flexibility index (Phi) is 6.31. The molecule has 6 aromatic rings. The number of anilines is 2. The predicted molar refractivity (Wildman–Crippen MR) is 173 cm³/mol. The Morgan fingerprint density at radius 2 is 0.951 bits per heavy atom. The van der Waals surface area contributed by atoms with Crippen molar-refractivity contribution in [2.45, 2.75) is 6.92 Å². The summed E-state index contributed by atoms with van der Waals surface area (Å²) in [4.78, 5) is 0. The molecule has 0 atom stereocenters. The summed E-state index contributed by atoms with van der Waals surface area (Å²) in [7, 11) is 0. The third-order valence-electron chi connectivity index (χ3n) is 7.94. The smallest absolute Gasteiger partial charge is 0.0581 e. The Morgan fingerprint density at radius 1 is 0.463 bits per heavy atom. The third kappa shape index (κ3) is 4.55. The van der Waals surface area contributed by atoms with Crippen LogP contribution in [0.5, 0.6) is 0 Å². The molecule has 2 nitrogen and oxygen atoms in total. The Balaban J connectivity index is 1.36. The van der Waals surface area contributed by atoms with Crippen LogP contribution in [0, 0.1) is 6.92 Å². The number of aryl methyl sites for hydroxylation is 1. The van der Waals surface area contributed by atoms with E-state index in [4.69, 9.17) is 5.84 Å². The SMILES string of the molecule is Cc1ccc(-c2ccc(N(N)c3ccc4c(c3)C(=C(c3ccccc3)c3ccccc3)c3ccccc3-4)cc2)cc1. The first-order valence-electron chi connectivity index (χ1n) is 14.0. The molecule has 0 heterocycles. The van der Waals surface area contributed by atoms with Crippen LogP contribution in [0.3, 0.4) is 0 Å². The molecule has 2 heteroatoms. The van der Waals surface area contributed by atoms with E-state index in [1.807, 2.05) is 0 Å². The maximum atomic E-state index is 6.79. The Bertz CT molecular complexity index is 1830. The van der Waals surface area contributed by atoms with E-state index >= 15 is 0 Å². The van der Waals surface area contributed by atoms with Crippen molar-refractivity contribution in [2.75, 3.05) is 5.01 Å². The number of nitrogens with zero attached hydrogens (tertiary/aromatic N) is 1. The molecule has 1 aliphatic rings. The van der Waals surface area contributed by atoms with Crippen molar-refractivity contribution in [2.24, 2.45) is 5.84 Å². The minimum atomic E-state index is 0.938. The summed E-state index contributed by atoms with van der Waals surface area (Å²) in [6.45, 7) is 2.11. The van der Waals surface area contributed by atoms with Crippen LogP contribution in [0.4, 0.5) is 11.4 Å². The second-order valence-electron chi connectivity index (χ2n) is 10.5. The van der Waals surface area contributed by atoms with Gasteiger partial charge in [-0.1, -0.05) is 133 Å². The van der Waals surface area contributed by atoms with Gasteiger partial charge in [0.1, 0.15) is 0 Å². The molecule has 0 radical (unpaired) electrons. The van der Waals surface area contributed by atoms with Crippen molar-refractivity contribution in [3.8, 4) is 22.3 Å². The summed E-state index contributed by atoms with van der Waals surface area (Å²) in [5.41, 5.74) is 15.3. The van der Waals surface area contributed by atoms with E-state index in [2.05, 4.69) is 159 Å². The van der Waals surface area contributed by atoms with E-state index < -0.39 is 0 Å². The van der Waals surface area contributed by atoms with Gasteiger partial charge in [0, 0.05) is 0 Å². The first-order chi connectivity index (χ1) is 20.2. The van der Waals surface area contributed by atoms with Crippen molar-refractivity contribution in [1.82, 2.24) is 0 Å². The molecule has 7 rings (SSSR count). The Morgan fingerprint density at radius 3 is 1.56 bits per heavy atom. The molecule has 0 spiro atoms. The maximum Gasteiger partial charge on any atom is 0.0581 e. The maximum absolute atomic E-state index is 6.79. The molecule has 0 bridgehead atoms. The van der Waals surface area contributed by atoms with Gasteiger partial charge in [-0.3, -0.25) is 5.01 Å². The van der Waals surface area contributed by atoms with Crippen molar-refractivity contribution >= 4 is 22.5 Å². The highest BCUT2D eigenvalue weighted by atomic mass is 15.4. The quantitative estimate of drug-likeness (QED) is 0.179. The summed E-state index contributed by atoms with van der Waals surface area (Å²) in [6, 6.07) is 53.7. The van der Waals surface area contributed by atoms with Crippen LogP contribution in [0.25, 0.3) is 33.4 Å². The van der Waals surface area contributed by atoms with E-state index in [1.54, 1.807) is 5.01 Å². The van der Waals surface area contributed by atoms with Crippen LogP contribution in [-0.2, 0) is 0 Å². The van der Waals surface area contributed by atoms with Crippen LogP contribution in [-0.4, -0.2) is 0 Å². The molecular formula is C39H30N2. The van der Waals surface area contributed by atoms with Crippen molar-refractivity contribution in [3.05, 3.63) is 179 Å². The van der Waals surface area contributed by atoms with Gasteiger partial charge in [-0.15, -0.1) is 0 Å². The number of benzene rings is 6. The molecule has 0 saturated carbocycles. The van der Waals surface area contributed by atoms with Crippen molar-refractivity contribution in [1.29, 1.82) is 0 Å². The standard InChI is InChI=1S/C39H30N2/c1-27-16-18-28(19-17-27)29-20-22-32(23-21-29)41(40)33-24-25-35-34-14-8-9-15-36(34)39(37(35)26-33)38(30-10-4-2-5-11-30)31-12-6-3-7-13-31/h2-26H,40H2,1H3. The topological polar surface area (TPSA) is 29.3 Å². The lowest BCUT2D eigenvalue weighted by atomic mass is 9.88. The highest BCUT2D eigenvalue weighted by Gasteiger charge is 2.28. The van der Waals surface area contributed by atoms with Crippen LogP contribution in [0.2, 0.25) is 0 Å². The molecule has 0 saturated heterocycles. The molecule has 0 aliphatic heterocycles. The zero-order valence-electron chi connectivity index (χ0n) is 23.0. The Hall–Kier alpha value is -5.18. The minimum Gasteiger partial charge on any atom is -0.280 e. The summed E-state index contributed by atoms with van der Waals surface area (Å²) in [5, 5.41) is 1.78. The highest BCUT2D eigenvalue weighted by molar-refractivity contribution is 6.14. The third-order valence-corrected chi connectivity index (χ3v) is 7.94. The van der Waals surface area contributed by atoms with E-state index in [9.17, 15) is 0 Å². The molecule has 0 unspecified atom stereocenters. The minimum absolute atomic E-state index is 0.938. The summed E-state index contributed by atoms with van der Waals surface area (Å²) in [6.07, 6.45) is 0. The van der Waals surface area contributed by atoms with E-state index in [1.165, 1.54) is 61.2 Å². The number of fused-ring (bicyclic) bond motifs is 3. The molecular weight excluding hydrogens is 496 g/mol. The molecule has 0 aromatic heterocycles. The van der Waals surface area contributed by atoms with Gasteiger partial charge in [0.15, 0.2) is 0 Å².